The van der Waals surface area contributed by atoms with Crippen molar-refractivity contribution >= 4 is 0 Å². The van der Waals surface area contributed by atoms with E-state index in [0.29, 0.717) is 6.61 Å². The maximum atomic E-state index is 8.99. The Hall–Kier alpha value is -0.120. The van der Waals surface area contributed by atoms with E-state index in [9.17, 15) is 0 Å². The molecule has 3 heteroatoms. The standard InChI is InChI=1S/C11H22N2O/c14-8-7-13(11-1-2-11)9-10-3-5-12-6-4-10/h10-12,14H,1-9H2. The third-order valence-corrected chi connectivity index (χ3v) is 3.40. The van der Waals surface area contributed by atoms with E-state index in [1.54, 1.807) is 0 Å². The van der Waals surface area contributed by atoms with Crippen molar-refractivity contribution in [2.45, 2.75) is 31.7 Å². The number of hydrogen-bond acceptors (Lipinski definition) is 3. The molecule has 1 saturated carbocycles. The zero-order valence-corrected chi connectivity index (χ0v) is 8.91. The van der Waals surface area contributed by atoms with Crippen molar-refractivity contribution < 1.29 is 5.11 Å². The van der Waals surface area contributed by atoms with Gasteiger partial charge >= 0.3 is 0 Å². The molecule has 0 aromatic heterocycles. The van der Waals surface area contributed by atoms with Crippen LogP contribution in [0.25, 0.3) is 0 Å². The van der Waals surface area contributed by atoms with E-state index >= 15 is 0 Å². The average molecular weight is 198 g/mol. The number of aliphatic hydroxyl groups is 1. The second-order valence-corrected chi connectivity index (χ2v) is 4.64. The number of piperidine rings is 1. The summed E-state index contributed by atoms with van der Waals surface area (Å²) in [7, 11) is 0. The minimum Gasteiger partial charge on any atom is -0.395 e. The summed E-state index contributed by atoms with van der Waals surface area (Å²) in [5, 5.41) is 12.4. The Morgan fingerprint density at radius 1 is 1.14 bits per heavy atom. The molecule has 0 aromatic carbocycles. The molecule has 0 spiro atoms. The van der Waals surface area contributed by atoms with Crippen LogP contribution in [0.1, 0.15) is 25.7 Å². The van der Waals surface area contributed by atoms with E-state index in [2.05, 4.69) is 10.2 Å². The Bertz CT molecular complexity index is 165. The molecular formula is C11H22N2O. The summed E-state index contributed by atoms with van der Waals surface area (Å²) >= 11 is 0. The topological polar surface area (TPSA) is 35.5 Å². The highest BCUT2D eigenvalue weighted by Crippen LogP contribution is 2.28. The molecule has 0 bridgehead atoms. The number of nitrogens with one attached hydrogen (secondary N) is 1. The molecule has 2 N–H and O–H groups in total. The first-order valence-corrected chi connectivity index (χ1v) is 5.96. The van der Waals surface area contributed by atoms with Crippen LogP contribution in [0.4, 0.5) is 0 Å². The highest BCUT2D eigenvalue weighted by Gasteiger charge is 2.30. The second-order valence-electron chi connectivity index (χ2n) is 4.64. The van der Waals surface area contributed by atoms with Gasteiger partial charge in [0.2, 0.25) is 0 Å². The average Bonchev–Trinajstić information content (AvgIpc) is 3.02. The molecule has 1 aliphatic heterocycles. The zero-order chi connectivity index (χ0) is 9.80. The van der Waals surface area contributed by atoms with Gasteiger partial charge in [0.15, 0.2) is 0 Å². The lowest BCUT2D eigenvalue weighted by molar-refractivity contribution is 0.156. The fraction of sp³-hybridized carbons (Fsp3) is 1.00. The van der Waals surface area contributed by atoms with E-state index < -0.39 is 0 Å². The van der Waals surface area contributed by atoms with Gasteiger partial charge in [-0.3, -0.25) is 4.90 Å². The van der Waals surface area contributed by atoms with Crippen LogP contribution < -0.4 is 5.32 Å². The Morgan fingerprint density at radius 2 is 1.86 bits per heavy atom. The Labute approximate surface area is 86.5 Å². The van der Waals surface area contributed by atoms with E-state index in [1.807, 2.05) is 0 Å². The lowest BCUT2D eigenvalue weighted by Gasteiger charge is -2.29. The van der Waals surface area contributed by atoms with Crippen molar-refractivity contribution in [2.24, 2.45) is 5.92 Å². The summed E-state index contributed by atoms with van der Waals surface area (Å²) in [6.45, 7) is 4.79. The SMILES string of the molecule is OCCN(CC1CCNCC1)C1CC1. The van der Waals surface area contributed by atoms with Crippen LogP contribution in [0.3, 0.4) is 0 Å². The molecule has 0 aromatic rings. The smallest absolute Gasteiger partial charge is 0.0558 e. The first kappa shape index (κ1) is 10.4. The van der Waals surface area contributed by atoms with Crippen LogP contribution in [-0.2, 0) is 0 Å². The number of rotatable bonds is 5. The maximum Gasteiger partial charge on any atom is 0.0558 e. The first-order chi connectivity index (χ1) is 6.90. The molecule has 1 heterocycles. The largest absolute Gasteiger partial charge is 0.395 e. The summed E-state index contributed by atoms with van der Waals surface area (Å²) in [6.07, 6.45) is 5.33. The molecule has 3 nitrogen and oxygen atoms in total. The molecule has 0 amide bonds. The fourth-order valence-corrected chi connectivity index (χ4v) is 2.39. The Balaban J connectivity index is 1.73. The normalized spacial score (nSPS) is 24.4. The van der Waals surface area contributed by atoms with Gasteiger partial charge in [-0.25, -0.2) is 0 Å². The van der Waals surface area contributed by atoms with Gasteiger partial charge in [0.1, 0.15) is 0 Å². The molecular weight excluding hydrogens is 176 g/mol. The van der Waals surface area contributed by atoms with Gasteiger partial charge < -0.3 is 10.4 Å². The molecule has 82 valence electrons. The van der Waals surface area contributed by atoms with Crippen molar-refractivity contribution in [3.05, 3.63) is 0 Å². The van der Waals surface area contributed by atoms with Crippen molar-refractivity contribution in [3.8, 4) is 0 Å². The number of nitrogens with zero attached hydrogens (tertiary/aromatic N) is 1. The lowest BCUT2D eigenvalue weighted by atomic mass is 9.97. The van der Waals surface area contributed by atoms with Gasteiger partial charge in [-0.15, -0.1) is 0 Å². The molecule has 1 saturated heterocycles. The zero-order valence-electron chi connectivity index (χ0n) is 8.91. The summed E-state index contributed by atoms with van der Waals surface area (Å²) in [5.74, 6) is 0.864. The Kier molecular flexibility index (Phi) is 3.79. The highest BCUT2D eigenvalue weighted by atomic mass is 16.3. The summed E-state index contributed by atoms with van der Waals surface area (Å²) in [5.41, 5.74) is 0. The van der Waals surface area contributed by atoms with Crippen LogP contribution in [0, 0.1) is 5.92 Å². The van der Waals surface area contributed by atoms with Gasteiger partial charge in [-0.1, -0.05) is 0 Å². The monoisotopic (exact) mass is 198 g/mol. The summed E-state index contributed by atoms with van der Waals surface area (Å²) < 4.78 is 0. The number of aliphatic hydroxyl groups excluding tert-OH is 1. The predicted octanol–water partition coefficient (Wildman–Crippen LogP) is 0.443. The highest BCUT2D eigenvalue weighted by molar-refractivity contribution is 4.86. The van der Waals surface area contributed by atoms with E-state index in [0.717, 1.165) is 18.5 Å². The van der Waals surface area contributed by atoms with Gasteiger partial charge in [0.05, 0.1) is 6.61 Å². The summed E-state index contributed by atoms with van der Waals surface area (Å²) in [6, 6.07) is 0.803. The van der Waals surface area contributed by atoms with Crippen LogP contribution in [0.2, 0.25) is 0 Å². The van der Waals surface area contributed by atoms with Gasteiger partial charge in [-0.2, -0.15) is 0 Å². The molecule has 0 radical (unpaired) electrons. The molecule has 0 atom stereocenters. The maximum absolute atomic E-state index is 8.99. The molecule has 14 heavy (non-hydrogen) atoms. The quantitative estimate of drug-likeness (QED) is 0.673. The van der Waals surface area contributed by atoms with E-state index in [4.69, 9.17) is 5.11 Å². The molecule has 2 fully saturated rings. The molecule has 1 aliphatic carbocycles. The molecule has 0 unspecified atom stereocenters. The summed E-state index contributed by atoms with van der Waals surface area (Å²) in [4.78, 5) is 2.50. The van der Waals surface area contributed by atoms with Crippen LogP contribution in [0.15, 0.2) is 0 Å². The van der Waals surface area contributed by atoms with Gasteiger partial charge in [-0.05, 0) is 44.7 Å². The van der Waals surface area contributed by atoms with Crippen molar-refractivity contribution in [3.63, 3.8) is 0 Å². The third kappa shape index (κ3) is 2.94. The van der Waals surface area contributed by atoms with Crippen LogP contribution in [0.5, 0.6) is 0 Å². The Morgan fingerprint density at radius 3 is 2.43 bits per heavy atom. The minimum absolute atomic E-state index is 0.321. The minimum atomic E-state index is 0.321. The molecule has 2 rings (SSSR count). The molecule has 2 aliphatic rings. The third-order valence-electron chi connectivity index (χ3n) is 3.40. The van der Waals surface area contributed by atoms with Crippen molar-refractivity contribution in [2.75, 3.05) is 32.8 Å². The second kappa shape index (κ2) is 5.10. The lowest BCUT2D eigenvalue weighted by Crippen LogP contribution is -2.38. The van der Waals surface area contributed by atoms with E-state index in [-0.39, 0.29) is 0 Å². The predicted molar refractivity (Wildman–Crippen MR) is 57.3 cm³/mol. The fourth-order valence-electron chi connectivity index (χ4n) is 2.39. The van der Waals surface area contributed by atoms with Crippen LogP contribution >= 0.6 is 0 Å². The first-order valence-electron chi connectivity index (χ1n) is 5.96. The van der Waals surface area contributed by atoms with Crippen molar-refractivity contribution in [1.29, 1.82) is 0 Å². The van der Waals surface area contributed by atoms with Crippen LogP contribution in [-0.4, -0.2) is 48.8 Å². The number of hydrogen-bond donors (Lipinski definition) is 2. The van der Waals surface area contributed by atoms with E-state index in [1.165, 1.54) is 45.3 Å². The van der Waals surface area contributed by atoms with Gasteiger partial charge in [0, 0.05) is 19.1 Å². The van der Waals surface area contributed by atoms with Crippen molar-refractivity contribution in [1.82, 2.24) is 10.2 Å². The van der Waals surface area contributed by atoms with Gasteiger partial charge in [0.25, 0.3) is 0 Å².